The van der Waals surface area contributed by atoms with Crippen molar-refractivity contribution in [2.75, 3.05) is 39.3 Å². The first-order chi connectivity index (χ1) is 37.4. The molecule has 0 spiro atoms. The van der Waals surface area contributed by atoms with Crippen molar-refractivity contribution in [3.63, 3.8) is 0 Å². The Labute approximate surface area is 464 Å². The van der Waals surface area contributed by atoms with Gasteiger partial charge >= 0.3 is 0 Å². The van der Waals surface area contributed by atoms with Crippen molar-refractivity contribution in [1.29, 1.82) is 0 Å². The number of aromatic hydroxyl groups is 2. The van der Waals surface area contributed by atoms with Crippen LogP contribution in [0.25, 0.3) is 10.4 Å². The molecule has 3 aliphatic heterocycles. The summed E-state index contributed by atoms with van der Waals surface area (Å²) in [4.78, 5) is 81.0. The fourth-order valence-corrected chi connectivity index (χ4v) is 12.4. The number of piperazine rings is 1. The predicted octanol–water partition coefficient (Wildman–Crippen LogP) is 8.92. The van der Waals surface area contributed by atoms with Gasteiger partial charge in [-0.3, -0.25) is 28.9 Å². The lowest BCUT2D eigenvalue weighted by Gasteiger charge is -2.35. The molecule has 4 heterocycles. The maximum Gasteiger partial charge on any atom is 0.262 e. The molecule has 4 aliphatic rings. The van der Waals surface area contributed by atoms with E-state index in [1.165, 1.54) is 17.4 Å². The zero-order valence-corrected chi connectivity index (χ0v) is 47.4. The summed E-state index contributed by atoms with van der Waals surface area (Å²) in [6.07, 6.45) is 12.2. The standard InChI is InChI=1S/C61H83N7O9S/c1-40-50(70)32-51(71)54(55(40)77-38-43-16-12-11-13-17-43)59(75)67-35-46-25-22-44(30-47(46)36-67)34-65-26-28-66(29-27-65)53(73)19-15-10-8-6-7-9-14-18-52(72)64-57(61(3,4)5)60(76)68-37-48(69)31-49(68)58(74)62-33-42-20-23-45(24-21-42)56-41(2)63-39-78-56/h20-25,30,32,39,43,48-49,57,69-71H,6-19,26-29,31,33-38H2,1-5H3,(H,62,74)(H,64,72)/t48-,49+,57-/m1/s1. The Morgan fingerprint density at radius 3 is 2.14 bits per heavy atom. The average molecular weight is 1090 g/mol. The third-order valence-electron chi connectivity index (χ3n) is 16.3. The highest BCUT2D eigenvalue weighted by molar-refractivity contribution is 7.13. The number of likely N-dealkylation sites (tertiary alicyclic amines) is 1. The number of aryl methyl sites for hydroxylation is 1. The minimum absolute atomic E-state index is 0.0239. The smallest absolute Gasteiger partial charge is 0.262 e. The normalized spacial score (nSPS) is 18.5. The number of rotatable bonds is 22. The molecule has 17 heteroatoms. The van der Waals surface area contributed by atoms with Crippen LogP contribution >= 0.6 is 11.3 Å². The monoisotopic (exact) mass is 1090 g/mol. The molecular formula is C61H83N7O9S. The van der Waals surface area contributed by atoms with Gasteiger partial charge < -0.3 is 45.4 Å². The van der Waals surface area contributed by atoms with Crippen molar-refractivity contribution in [2.45, 2.75) is 175 Å². The number of aliphatic hydroxyl groups is 1. The van der Waals surface area contributed by atoms with Crippen LogP contribution in [0, 0.1) is 25.2 Å². The number of benzene rings is 3. The van der Waals surface area contributed by atoms with Gasteiger partial charge in [0, 0.05) is 89.8 Å². The highest BCUT2D eigenvalue weighted by Crippen LogP contribution is 2.41. The van der Waals surface area contributed by atoms with Crippen LogP contribution in [0.15, 0.2) is 54.0 Å². The minimum atomic E-state index is -0.864. The second-order valence-corrected chi connectivity index (χ2v) is 24.3. The van der Waals surface area contributed by atoms with Crippen molar-refractivity contribution >= 4 is 40.9 Å². The number of nitrogens with one attached hydrogen (secondary N) is 2. The molecule has 78 heavy (non-hydrogen) atoms. The van der Waals surface area contributed by atoms with Gasteiger partial charge in [0.25, 0.3) is 5.91 Å². The number of amides is 5. The molecule has 8 rings (SSSR count). The molecule has 16 nitrogen and oxygen atoms in total. The molecule has 3 atom stereocenters. The van der Waals surface area contributed by atoms with Crippen LogP contribution in [0.4, 0.5) is 0 Å². The van der Waals surface area contributed by atoms with Gasteiger partial charge in [-0.05, 0) is 78.7 Å². The quantitative estimate of drug-likeness (QED) is 0.0470. The SMILES string of the molecule is Cc1ncsc1-c1ccc(CNC(=O)[C@@H]2C[C@@H](O)CN2C(=O)[C@@H](NC(=O)CCCCCCCCCC(=O)N2CCN(Cc3ccc4c(c3)CN(C(=O)c3c(O)cc(O)c(C)c3OCC3CCCCC3)C4)CC2)C(C)(C)C)cc1. The second-order valence-electron chi connectivity index (χ2n) is 23.4. The largest absolute Gasteiger partial charge is 0.507 e. The number of aliphatic hydroxyl groups excluding tert-OH is 1. The van der Waals surface area contributed by atoms with Gasteiger partial charge in [0.15, 0.2) is 0 Å². The molecule has 4 aromatic rings. The van der Waals surface area contributed by atoms with Gasteiger partial charge in [0.2, 0.25) is 23.6 Å². The van der Waals surface area contributed by atoms with Crippen molar-refractivity contribution < 1.29 is 44.0 Å². The summed E-state index contributed by atoms with van der Waals surface area (Å²) in [6.45, 7) is 14.7. The lowest BCUT2D eigenvalue weighted by atomic mass is 9.85. The summed E-state index contributed by atoms with van der Waals surface area (Å²) in [5, 5.41) is 38.0. The number of hydrogen-bond donors (Lipinski definition) is 5. The third kappa shape index (κ3) is 15.0. The molecular weight excluding hydrogens is 1010 g/mol. The number of β-amino-alcohol motifs (C(OH)–C–C–N with tert-alkyl or cyclic N) is 1. The summed E-state index contributed by atoms with van der Waals surface area (Å²) >= 11 is 1.58. The highest BCUT2D eigenvalue weighted by atomic mass is 32.1. The zero-order chi connectivity index (χ0) is 55.5. The van der Waals surface area contributed by atoms with Gasteiger partial charge in [-0.2, -0.15) is 0 Å². The summed E-state index contributed by atoms with van der Waals surface area (Å²) in [5.74, 6) is -0.741. The number of carbonyl (C=O) groups excluding carboxylic acids is 5. The number of phenolic OH excluding ortho intramolecular Hbond substituents is 2. The van der Waals surface area contributed by atoms with Crippen LogP contribution in [0.2, 0.25) is 0 Å². The Morgan fingerprint density at radius 1 is 0.795 bits per heavy atom. The number of aromatic nitrogens is 1. The van der Waals surface area contributed by atoms with Crippen LogP contribution in [-0.4, -0.2) is 127 Å². The lowest BCUT2D eigenvalue weighted by molar-refractivity contribution is -0.144. The van der Waals surface area contributed by atoms with Gasteiger partial charge in [-0.1, -0.05) is 115 Å². The Balaban J connectivity index is 0.689. The summed E-state index contributed by atoms with van der Waals surface area (Å²) in [5.41, 5.74) is 8.00. The van der Waals surface area contributed by atoms with Crippen molar-refractivity contribution in [1.82, 2.24) is 35.2 Å². The van der Waals surface area contributed by atoms with E-state index in [0.717, 1.165) is 122 Å². The van der Waals surface area contributed by atoms with Gasteiger partial charge in [-0.25, -0.2) is 4.98 Å². The van der Waals surface area contributed by atoms with E-state index in [4.69, 9.17) is 4.74 Å². The van der Waals surface area contributed by atoms with E-state index >= 15 is 0 Å². The Bertz CT molecular complexity index is 2730. The van der Waals surface area contributed by atoms with Crippen LogP contribution in [0.1, 0.15) is 161 Å². The van der Waals surface area contributed by atoms with E-state index in [9.17, 15) is 39.3 Å². The number of ether oxygens (including phenoxy) is 1. The highest BCUT2D eigenvalue weighted by Gasteiger charge is 2.44. The van der Waals surface area contributed by atoms with Crippen LogP contribution < -0.4 is 15.4 Å². The van der Waals surface area contributed by atoms with Crippen molar-refractivity contribution in [3.8, 4) is 27.7 Å². The molecule has 422 valence electrons. The van der Waals surface area contributed by atoms with Gasteiger partial charge in [0.1, 0.15) is 34.9 Å². The van der Waals surface area contributed by atoms with Gasteiger partial charge in [0.05, 0.1) is 28.8 Å². The number of fused-ring (bicyclic) bond motifs is 1. The maximum atomic E-state index is 14.1. The first kappa shape index (κ1) is 58.1. The minimum Gasteiger partial charge on any atom is -0.507 e. The molecule has 1 saturated carbocycles. The van der Waals surface area contributed by atoms with E-state index in [1.54, 1.807) is 23.2 Å². The Morgan fingerprint density at radius 2 is 1.46 bits per heavy atom. The Kier molecular flexibility index (Phi) is 19.9. The second kappa shape index (κ2) is 26.7. The molecule has 3 aromatic carbocycles. The first-order valence-corrected chi connectivity index (χ1v) is 29.4. The maximum absolute atomic E-state index is 14.1. The van der Waals surface area contributed by atoms with Crippen LogP contribution in [0.5, 0.6) is 17.2 Å². The summed E-state index contributed by atoms with van der Waals surface area (Å²) < 4.78 is 6.23. The van der Waals surface area contributed by atoms with Crippen molar-refractivity contribution in [3.05, 3.63) is 93.1 Å². The molecule has 2 saturated heterocycles. The number of thiazole rings is 1. The van der Waals surface area contributed by atoms with E-state index in [1.807, 2.05) is 62.4 Å². The molecule has 0 bridgehead atoms. The van der Waals surface area contributed by atoms with Crippen LogP contribution in [0.3, 0.4) is 0 Å². The molecule has 0 radical (unpaired) electrons. The average Bonchev–Trinajstić information content (AvgIpc) is 4.20. The lowest BCUT2D eigenvalue weighted by Crippen LogP contribution is -2.57. The van der Waals surface area contributed by atoms with E-state index in [2.05, 4.69) is 38.7 Å². The number of unbranched alkanes of at least 4 members (excludes halogenated alkanes) is 6. The molecule has 5 N–H and O–H groups in total. The Hall–Kier alpha value is -6.04. The fourth-order valence-electron chi connectivity index (χ4n) is 11.6. The summed E-state index contributed by atoms with van der Waals surface area (Å²) in [7, 11) is 0. The number of carbonyl (C=O) groups is 5. The molecule has 1 aromatic heterocycles. The number of hydrogen-bond acceptors (Lipinski definition) is 12. The molecule has 1 aliphatic carbocycles. The number of phenols is 2. The van der Waals surface area contributed by atoms with E-state index < -0.39 is 23.6 Å². The fraction of sp³-hybridized carbons (Fsp3) is 0.574. The molecule has 5 amide bonds. The van der Waals surface area contributed by atoms with E-state index in [-0.39, 0.29) is 78.3 Å². The first-order valence-electron chi connectivity index (χ1n) is 28.6. The zero-order valence-electron chi connectivity index (χ0n) is 46.6. The molecule has 0 unspecified atom stereocenters. The van der Waals surface area contributed by atoms with Crippen LogP contribution in [-0.2, 0) is 45.4 Å². The molecule has 3 fully saturated rings. The predicted molar refractivity (Wildman–Crippen MR) is 302 cm³/mol. The topological polar surface area (TPSA) is 205 Å². The third-order valence-corrected chi connectivity index (χ3v) is 17.3. The summed E-state index contributed by atoms with van der Waals surface area (Å²) in [6, 6.07) is 13.8. The van der Waals surface area contributed by atoms with Gasteiger partial charge in [-0.15, -0.1) is 11.3 Å². The van der Waals surface area contributed by atoms with E-state index in [0.29, 0.717) is 57.1 Å². The number of nitrogens with zero attached hydrogens (tertiary/aromatic N) is 5. The van der Waals surface area contributed by atoms with Crippen molar-refractivity contribution in [2.24, 2.45) is 11.3 Å².